The van der Waals surface area contributed by atoms with Gasteiger partial charge >= 0.3 is 5.97 Å². The molecule has 0 unspecified atom stereocenters. The van der Waals surface area contributed by atoms with Crippen LogP contribution in [-0.2, 0) is 9.53 Å². The first-order valence-corrected chi connectivity index (χ1v) is 4.52. The summed E-state index contributed by atoms with van der Waals surface area (Å²) in [6, 6.07) is 4.28. The van der Waals surface area contributed by atoms with Crippen molar-refractivity contribution in [2.24, 2.45) is 0 Å². The summed E-state index contributed by atoms with van der Waals surface area (Å²) < 4.78 is 17.5. The summed E-state index contributed by atoms with van der Waals surface area (Å²) in [5.74, 6) is 4.01. The third-order valence-corrected chi connectivity index (χ3v) is 1.95. The van der Waals surface area contributed by atoms with E-state index in [0.717, 1.165) is 0 Å². The molecule has 15 heavy (non-hydrogen) atoms. The van der Waals surface area contributed by atoms with Gasteiger partial charge in [0.25, 0.3) is 0 Å². The molecular weight excluding hydrogens is 219 g/mol. The van der Waals surface area contributed by atoms with Crippen LogP contribution in [0.3, 0.4) is 0 Å². The Morgan fingerprint density at radius 2 is 2.33 bits per heavy atom. The molecule has 0 aliphatic heterocycles. The van der Waals surface area contributed by atoms with Gasteiger partial charge in [-0.2, -0.15) is 0 Å². The smallest absolute Gasteiger partial charge is 0.317 e. The number of methoxy groups -OCH3 is 1. The van der Waals surface area contributed by atoms with Crippen LogP contribution in [0.4, 0.5) is 4.39 Å². The molecule has 0 radical (unpaired) electrons. The summed E-state index contributed by atoms with van der Waals surface area (Å²) in [6.07, 6.45) is -0.0822. The summed E-state index contributed by atoms with van der Waals surface area (Å²) >= 11 is 5.72. The lowest BCUT2D eigenvalue weighted by molar-refractivity contribution is -0.139. The molecule has 0 spiro atoms. The molecule has 0 aliphatic carbocycles. The molecule has 1 aromatic rings. The van der Waals surface area contributed by atoms with E-state index in [1.54, 1.807) is 0 Å². The third-order valence-electron chi connectivity index (χ3n) is 1.64. The van der Waals surface area contributed by atoms with E-state index in [1.807, 2.05) is 0 Å². The highest BCUT2D eigenvalue weighted by atomic mass is 35.5. The maximum absolute atomic E-state index is 13.2. The zero-order chi connectivity index (χ0) is 11.3. The van der Waals surface area contributed by atoms with Crippen molar-refractivity contribution in [1.29, 1.82) is 0 Å². The molecule has 0 amide bonds. The lowest BCUT2D eigenvalue weighted by Crippen LogP contribution is -1.97. The molecule has 0 N–H and O–H groups in total. The molecule has 0 aromatic heterocycles. The van der Waals surface area contributed by atoms with Gasteiger partial charge in [0.1, 0.15) is 12.2 Å². The van der Waals surface area contributed by atoms with E-state index in [4.69, 9.17) is 11.6 Å². The Morgan fingerprint density at radius 1 is 1.60 bits per heavy atom. The first-order valence-electron chi connectivity index (χ1n) is 4.15. The molecule has 0 atom stereocenters. The second-order valence-corrected chi connectivity index (χ2v) is 3.06. The van der Waals surface area contributed by atoms with E-state index in [-0.39, 0.29) is 17.0 Å². The van der Waals surface area contributed by atoms with Crippen LogP contribution >= 0.6 is 11.6 Å². The predicted octanol–water partition coefficient (Wildman–Crippen LogP) is 2.39. The monoisotopic (exact) mass is 226 g/mol. The van der Waals surface area contributed by atoms with Gasteiger partial charge in [-0.05, 0) is 12.1 Å². The summed E-state index contributed by atoms with van der Waals surface area (Å²) in [6.45, 7) is 0. The molecule has 0 aliphatic rings. The molecular formula is C11H8ClFO2. The van der Waals surface area contributed by atoms with E-state index in [0.29, 0.717) is 0 Å². The van der Waals surface area contributed by atoms with E-state index in [9.17, 15) is 9.18 Å². The SMILES string of the molecule is COC(=O)CC#Cc1c(F)cccc1Cl. The molecule has 0 bridgehead atoms. The summed E-state index contributed by atoms with van der Waals surface area (Å²) in [5.41, 5.74) is 0.100. The lowest BCUT2D eigenvalue weighted by atomic mass is 10.2. The topological polar surface area (TPSA) is 26.3 Å². The minimum Gasteiger partial charge on any atom is -0.468 e. The highest BCUT2D eigenvalue weighted by Gasteiger charge is 2.03. The molecule has 0 saturated heterocycles. The molecule has 1 rings (SSSR count). The van der Waals surface area contributed by atoms with E-state index < -0.39 is 11.8 Å². The molecule has 0 fully saturated rings. The van der Waals surface area contributed by atoms with Crippen molar-refractivity contribution in [3.05, 3.63) is 34.6 Å². The van der Waals surface area contributed by atoms with Crippen molar-refractivity contribution in [2.45, 2.75) is 6.42 Å². The maximum Gasteiger partial charge on any atom is 0.317 e. The number of hydrogen-bond donors (Lipinski definition) is 0. The number of carbonyl (C=O) groups excluding carboxylic acids is 1. The van der Waals surface area contributed by atoms with Gasteiger partial charge in [0.2, 0.25) is 0 Å². The van der Waals surface area contributed by atoms with Gasteiger partial charge in [0.05, 0.1) is 17.7 Å². The standard InChI is InChI=1S/C11H8ClFO2/c1-15-11(14)7-2-4-8-9(12)5-3-6-10(8)13/h3,5-6H,7H2,1H3. The predicted molar refractivity (Wildman–Crippen MR) is 54.9 cm³/mol. The number of esters is 1. The Balaban J connectivity index is 2.84. The quantitative estimate of drug-likeness (QED) is 0.543. The second kappa shape index (κ2) is 5.38. The lowest BCUT2D eigenvalue weighted by Gasteiger charge is -1.96. The minimum absolute atomic E-state index is 0.0822. The highest BCUT2D eigenvalue weighted by Crippen LogP contribution is 2.17. The van der Waals surface area contributed by atoms with E-state index in [1.165, 1.54) is 25.3 Å². The Kier molecular flexibility index (Phi) is 4.14. The van der Waals surface area contributed by atoms with Crippen molar-refractivity contribution in [2.75, 3.05) is 7.11 Å². The van der Waals surface area contributed by atoms with Crippen LogP contribution in [-0.4, -0.2) is 13.1 Å². The number of halogens is 2. The van der Waals surface area contributed by atoms with Crippen LogP contribution in [0.2, 0.25) is 5.02 Å². The molecule has 1 aromatic carbocycles. The highest BCUT2D eigenvalue weighted by molar-refractivity contribution is 6.31. The largest absolute Gasteiger partial charge is 0.468 e. The zero-order valence-corrected chi connectivity index (χ0v) is 8.77. The fourth-order valence-electron chi connectivity index (χ4n) is 0.894. The van der Waals surface area contributed by atoms with Gasteiger partial charge in [0, 0.05) is 0 Å². The Hall–Kier alpha value is -1.53. The number of carbonyl (C=O) groups is 1. The van der Waals surface area contributed by atoms with Crippen LogP contribution in [0.5, 0.6) is 0 Å². The third kappa shape index (κ3) is 3.26. The van der Waals surface area contributed by atoms with Gasteiger partial charge in [-0.3, -0.25) is 4.79 Å². The van der Waals surface area contributed by atoms with E-state index in [2.05, 4.69) is 16.6 Å². The van der Waals surface area contributed by atoms with Gasteiger partial charge in [-0.25, -0.2) is 4.39 Å². The first-order chi connectivity index (χ1) is 7.15. The molecule has 78 valence electrons. The van der Waals surface area contributed by atoms with Crippen LogP contribution in [0.1, 0.15) is 12.0 Å². The van der Waals surface area contributed by atoms with Crippen LogP contribution in [0, 0.1) is 17.7 Å². The van der Waals surface area contributed by atoms with Gasteiger partial charge in [0.15, 0.2) is 0 Å². The summed E-state index contributed by atoms with van der Waals surface area (Å²) in [5, 5.41) is 0.229. The Morgan fingerprint density at radius 3 is 2.93 bits per heavy atom. The fraction of sp³-hybridized carbons (Fsp3) is 0.182. The van der Waals surface area contributed by atoms with Crippen molar-refractivity contribution in [3.8, 4) is 11.8 Å². The molecule has 4 heteroatoms. The number of hydrogen-bond acceptors (Lipinski definition) is 2. The molecule has 0 heterocycles. The maximum atomic E-state index is 13.2. The Labute approximate surface area is 92.0 Å². The van der Waals surface area contributed by atoms with Crippen LogP contribution in [0.15, 0.2) is 18.2 Å². The van der Waals surface area contributed by atoms with Crippen molar-refractivity contribution in [3.63, 3.8) is 0 Å². The number of ether oxygens (including phenoxy) is 1. The number of benzene rings is 1. The van der Waals surface area contributed by atoms with E-state index >= 15 is 0 Å². The second-order valence-electron chi connectivity index (χ2n) is 2.65. The van der Waals surface area contributed by atoms with Crippen molar-refractivity contribution < 1.29 is 13.9 Å². The number of rotatable bonds is 1. The normalized spacial score (nSPS) is 9.00. The summed E-state index contributed by atoms with van der Waals surface area (Å²) in [7, 11) is 1.26. The molecule has 0 saturated carbocycles. The van der Waals surface area contributed by atoms with Gasteiger partial charge in [-0.15, -0.1) is 0 Å². The average Bonchev–Trinajstić information content (AvgIpc) is 2.22. The summed E-state index contributed by atoms with van der Waals surface area (Å²) in [4.78, 5) is 10.7. The Bertz CT molecular complexity index is 412. The average molecular weight is 227 g/mol. The van der Waals surface area contributed by atoms with Gasteiger partial charge in [-0.1, -0.05) is 29.5 Å². The minimum atomic E-state index is -0.500. The first kappa shape index (κ1) is 11.5. The van der Waals surface area contributed by atoms with Crippen molar-refractivity contribution in [1.82, 2.24) is 0 Å². The zero-order valence-electron chi connectivity index (χ0n) is 8.01. The van der Waals surface area contributed by atoms with Crippen LogP contribution in [0.25, 0.3) is 0 Å². The molecule has 2 nitrogen and oxygen atoms in total. The van der Waals surface area contributed by atoms with Crippen LogP contribution < -0.4 is 0 Å². The fourth-order valence-corrected chi connectivity index (χ4v) is 1.10. The van der Waals surface area contributed by atoms with Crippen molar-refractivity contribution >= 4 is 17.6 Å². The van der Waals surface area contributed by atoms with Gasteiger partial charge < -0.3 is 4.74 Å².